The Morgan fingerprint density at radius 3 is 2.48 bits per heavy atom. The van der Waals surface area contributed by atoms with Crippen molar-refractivity contribution >= 4 is 22.8 Å². The van der Waals surface area contributed by atoms with Crippen LogP contribution in [0, 0.1) is 0 Å². The SMILES string of the molecule is CCCCCCCCCC(=O)OC1C=Cc2cccc3cccc1c23. The van der Waals surface area contributed by atoms with Gasteiger partial charge in [-0.15, -0.1) is 0 Å². The second kappa shape index (κ2) is 8.84. The van der Waals surface area contributed by atoms with Crippen LogP contribution in [0.3, 0.4) is 0 Å². The fourth-order valence-electron chi connectivity index (χ4n) is 3.60. The highest BCUT2D eigenvalue weighted by Gasteiger charge is 2.20. The summed E-state index contributed by atoms with van der Waals surface area (Å²) >= 11 is 0. The number of benzene rings is 2. The van der Waals surface area contributed by atoms with Crippen molar-refractivity contribution < 1.29 is 9.53 Å². The second-order valence-corrected chi connectivity index (χ2v) is 6.93. The van der Waals surface area contributed by atoms with Crippen molar-refractivity contribution in [1.29, 1.82) is 0 Å². The fraction of sp³-hybridized carbons (Fsp3) is 0.435. The molecule has 0 saturated carbocycles. The lowest BCUT2D eigenvalue weighted by atomic mass is 9.91. The van der Waals surface area contributed by atoms with Crippen LogP contribution in [-0.2, 0) is 9.53 Å². The van der Waals surface area contributed by atoms with E-state index in [4.69, 9.17) is 4.74 Å². The van der Waals surface area contributed by atoms with Gasteiger partial charge in [-0.25, -0.2) is 0 Å². The lowest BCUT2D eigenvalue weighted by Crippen LogP contribution is -2.11. The molecule has 3 rings (SSSR count). The van der Waals surface area contributed by atoms with Crippen LogP contribution < -0.4 is 0 Å². The summed E-state index contributed by atoms with van der Waals surface area (Å²) in [6.45, 7) is 2.23. The molecule has 0 saturated heterocycles. The average molecular weight is 336 g/mol. The third kappa shape index (κ3) is 4.50. The minimum absolute atomic E-state index is 0.0837. The zero-order chi connectivity index (χ0) is 17.5. The van der Waals surface area contributed by atoms with Gasteiger partial charge in [0.2, 0.25) is 0 Å². The number of hydrogen-bond donors (Lipinski definition) is 0. The third-order valence-electron chi connectivity index (χ3n) is 4.97. The molecule has 2 aromatic carbocycles. The van der Waals surface area contributed by atoms with E-state index in [1.54, 1.807) is 0 Å². The number of carbonyl (C=O) groups is 1. The Bertz CT molecular complexity index is 740. The molecular formula is C23H28O2. The molecule has 0 N–H and O–H groups in total. The minimum Gasteiger partial charge on any atom is -0.453 e. The van der Waals surface area contributed by atoms with E-state index in [2.05, 4.69) is 43.3 Å². The van der Waals surface area contributed by atoms with Crippen molar-refractivity contribution in [3.05, 3.63) is 53.6 Å². The number of esters is 1. The van der Waals surface area contributed by atoms with Gasteiger partial charge < -0.3 is 4.74 Å². The van der Waals surface area contributed by atoms with Crippen LogP contribution in [0.2, 0.25) is 0 Å². The molecule has 0 amide bonds. The van der Waals surface area contributed by atoms with E-state index in [1.807, 2.05) is 12.1 Å². The van der Waals surface area contributed by atoms with E-state index >= 15 is 0 Å². The van der Waals surface area contributed by atoms with Gasteiger partial charge in [0.25, 0.3) is 0 Å². The van der Waals surface area contributed by atoms with E-state index in [1.165, 1.54) is 48.4 Å². The summed E-state index contributed by atoms with van der Waals surface area (Å²) in [6.07, 6.45) is 12.8. The largest absolute Gasteiger partial charge is 0.453 e. The Balaban J connectivity index is 1.52. The molecule has 0 fully saturated rings. The molecule has 0 aromatic heterocycles. The van der Waals surface area contributed by atoms with Crippen LogP contribution in [0.1, 0.15) is 75.5 Å². The topological polar surface area (TPSA) is 26.3 Å². The van der Waals surface area contributed by atoms with Crippen LogP contribution >= 0.6 is 0 Å². The van der Waals surface area contributed by atoms with Gasteiger partial charge >= 0.3 is 5.97 Å². The standard InChI is InChI=1S/C23H28O2/c1-2-3-4-5-6-7-8-15-22(24)25-21-17-16-19-12-9-11-18-13-10-14-20(21)23(18)19/h9-14,16-17,21H,2-8,15H2,1H3. The van der Waals surface area contributed by atoms with Gasteiger partial charge in [0.1, 0.15) is 6.10 Å². The predicted octanol–water partition coefficient (Wildman–Crippen LogP) is 6.59. The molecule has 2 heteroatoms. The molecule has 0 radical (unpaired) electrons. The molecule has 1 atom stereocenters. The average Bonchev–Trinajstić information content (AvgIpc) is 2.63. The maximum absolute atomic E-state index is 12.2. The first kappa shape index (κ1) is 17.7. The van der Waals surface area contributed by atoms with Gasteiger partial charge in [0.15, 0.2) is 0 Å². The molecule has 0 spiro atoms. The van der Waals surface area contributed by atoms with E-state index in [0.717, 1.165) is 18.4 Å². The zero-order valence-electron chi connectivity index (χ0n) is 15.2. The van der Waals surface area contributed by atoms with Crippen molar-refractivity contribution in [3.63, 3.8) is 0 Å². The molecule has 1 unspecified atom stereocenters. The van der Waals surface area contributed by atoms with Crippen LogP contribution in [0.15, 0.2) is 42.5 Å². The molecule has 0 bridgehead atoms. The number of carbonyl (C=O) groups excluding carboxylic acids is 1. The summed E-state index contributed by atoms with van der Waals surface area (Å²) in [7, 11) is 0. The molecular weight excluding hydrogens is 308 g/mol. The Kier molecular flexibility index (Phi) is 6.27. The highest BCUT2D eigenvalue weighted by atomic mass is 16.5. The lowest BCUT2D eigenvalue weighted by molar-refractivity contribution is -0.147. The van der Waals surface area contributed by atoms with Gasteiger partial charge in [-0.05, 0) is 28.8 Å². The first-order valence-electron chi connectivity index (χ1n) is 9.69. The van der Waals surface area contributed by atoms with Crippen LogP contribution in [0.5, 0.6) is 0 Å². The summed E-state index contributed by atoms with van der Waals surface area (Å²) < 4.78 is 5.76. The van der Waals surface area contributed by atoms with Crippen LogP contribution in [0.25, 0.3) is 16.8 Å². The number of ether oxygens (including phenoxy) is 1. The first-order chi connectivity index (χ1) is 12.3. The van der Waals surface area contributed by atoms with E-state index in [0.29, 0.717) is 6.42 Å². The molecule has 2 aromatic rings. The van der Waals surface area contributed by atoms with E-state index in [-0.39, 0.29) is 12.1 Å². The Morgan fingerprint density at radius 2 is 1.68 bits per heavy atom. The Labute approximate surface area is 150 Å². The number of rotatable bonds is 9. The van der Waals surface area contributed by atoms with Crippen molar-refractivity contribution in [2.24, 2.45) is 0 Å². The number of unbranched alkanes of at least 4 members (excludes halogenated alkanes) is 6. The summed E-state index contributed by atoms with van der Waals surface area (Å²) in [5, 5.41) is 2.41. The highest BCUT2D eigenvalue weighted by molar-refractivity contribution is 5.95. The van der Waals surface area contributed by atoms with Crippen molar-refractivity contribution in [1.82, 2.24) is 0 Å². The van der Waals surface area contributed by atoms with Crippen molar-refractivity contribution in [2.75, 3.05) is 0 Å². The third-order valence-corrected chi connectivity index (χ3v) is 4.97. The molecule has 132 valence electrons. The second-order valence-electron chi connectivity index (χ2n) is 6.93. The Morgan fingerprint density at radius 1 is 0.960 bits per heavy atom. The quantitative estimate of drug-likeness (QED) is 0.381. The normalized spacial score (nSPS) is 15.5. The summed E-state index contributed by atoms with van der Waals surface area (Å²) in [5.41, 5.74) is 2.30. The lowest BCUT2D eigenvalue weighted by Gasteiger charge is -2.21. The predicted molar refractivity (Wildman–Crippen MR) is 104 cm³/mol. The van der Waals surface area contributed by atoms with Crippen molar-refractivity contribution in [3.8, 4) is 0 Å². The number of hydrogen-bond acceptors (Lipinski definition) is 2. The minimum atomic E-state index is -0.254. The van der Waals surface area contributed by atoms with E-state index in [9.17, 15) is 4.79 Å². The first-order valence-corrected chi connectivity index (χ1v) is 9.69. The maximum atomic E-state index is 12.2. The van der Waals surface area contributed by atoms with Gasteiger partial charge in [-0.3, -0.25) is 4.79 Å². The maximum Gasteiger partial charge on any atom is 0.306 e. The Hall–Kier alpha value is -2.09. The van der Waals surface area contributed by atoms with Crippen LogP contribution in [-0.4, -0.2) is 5.97 Å². The molecule has 0 heterocycles. The fourth-order valence-corrected chi connectivity index (χ4v) is 3.60. The van der Waals surface area contributed by atoms with Gasteiger partial charge in [0.05, 0.1) is 0 Å². The summed E-state index contributed by atoms with van der Waals surface area (Å²) in [5.74, 6) is -0.0837. The molecule has 25 heavy (non-hydrogen) atoms. The molecule has 1 aliphatic rings. The van der Waals surface area contributed by atoms with Crippen molar-refractivity contribution in [2.45, 2.75) is 64.4 Å². The van der Waals surface area contributed by atoms with Gasteiger partial charge in [-0.2, -0.15) is 0 Å². The zero-order valence-corrected chi connectivity index (χ0v) is 15.2. The molecule has 1 aliphatic carbocycles. The van der Waals surface area contributed by atoms with Gasteiger partial charge in [0, 0.05) is 12.0 Å². The molecule has 2 nitrogen and oxygen atoms in total. The summed E-state index contributed by atoms with van der Waals surface area (Å²) in [6, 6.07) is 12.5. The highest BCUT2D eigenvalue weighted by Crippen LogP contribution is 2.35. The van der Waals surface area contributed by atoms with Crippen LogP contribution in [0.4, 0.5) is 0 Å². The van der Waals surface area contributed by atoms with Gasteiger partial charge in [-0.1, -0.05) is 87.9 Å². The smallest absolute Gasteiger partial charge is 0.306 e. The molecule has 0 aliphatic heterocycles. The summed E-state index contributed by atoms with van der Waals surface area (Å²) in [4.78, 5) is 12.2. The van der Waals surface area contributed by atoms with E-state index < -0.39 is 0 Å². The monoisotopic (exact) mass is 336 g/mol.